The van der Waals surface area contributed by atoms with Crippen LogP contribution in [0.25, 0.3) is 0 Å². The van der Waals surface area contributed by atoms with E-state index in [0.717, 1.165) is 18.7 Å². The van der Waals surface area contributed by atoms with Gasteiger partial charge >= 0.3 is 0 Å². The molecular weight excluding hydrogens is 310 g/mol. The van der Waals surface area contributed by atoms with Gasteiger partial charge in [-0.25, -0.2) is 0 Å². The van der Waals surface area contributed by atoms with Crippen LogP contribution in [-0.2, 0) is 0 Å². The van der Waals surface area contributed by atoms with E-state index in [1.807, 2.05) is 6.07 Å². The van der Waals surface area contributed by atoms with Crippen molar-refractivity contribution < 1.29 is 4.42 Å². The zero-order valence-electron chi connectivity index (χ0n) is 12.7. The molecule has 1 aliphatic rings. The van der Waals surface area contributed by atoms with Crippen LogP contribution in [0, 0.1) is 0 Å². The molecule has 0 bridgehead atoms. The van der Waals surface area contributed by atoms with Crippen LogP contribution in [0.1, 0.15) is 23.7 Å². The first-order valence-electron chi connectivity index (χ1n) is 7.90. The molecule has 0 radical (unpaired) electrons. The summed E-state index contributed by atoms with van der Waals surface area (Å²) in [6, 6.07) is 15.4. The number of hydrogen-bond donors (Lipinski definition) is 1. The molecule has 1 saturated heterocycles. The number of benzene rings is 1. The Bertz CT molecular complexity index is 521. The van der Waals surface area contributed by atoms with Crippen molar-refractivity contribution in [2.75, 3.05) is 29.6 Å². The molecule has 0 saturated carbocycles. The Morgan fingerprint density at radius 3 is 2.50 bits per heavy atom. The highest BCUT2D eigenvalue weighted by Crippen LogP contribution is 2.28. The average Bonchev–Trinajstić information content (AvgIpc) is 2.96. The van der Waals surface area contributed by atoms with Gasteiger partial charge in [-0.05, 0) is 30.7 Å². The fourth-order valence-corrected chi connectivity index (χ4v) is 5.28. The molecule has 2 aromatic rings. The summed E-state index contributed by atoms with van der Waals surface area (Å²) in [7, 11) is 0. The van der Waals surface area contributed by atoms with Crippen LogP contribution in [0.15, 0.2) is 53.1 Å². The number of hydrogen-bond acceptors (Lipinski definition) is 4. The molecule has 22 heavy (non-hydrogen) atoms. The summed E-state index contributed by atoms with van der Waals surface area (Å²) < 4.78 is 5.68. The number of rotatable bonds is 6. The monoisotopic (exact) mass is 333 g/mol. The first-order valence-corrected chi connectivity index (χ1v) is 10.2. The van der Waals surface area contributed by atoms with Crippen LogP contribution in [0.3, 0.4) is 0 Å². The van der Waals surface area contributed by atoms with E-state index in [1.165, 1.54) is 28.6 Å². The van der Waals surface area contributed by atoms with Crippen molar-refractivity contribution in [1.29, 1.82) is 0 Å². The van der Waals surface area contributed by atoms with E-state index in [4.69, 9.17) is 4.42 Å². The molecule has 2 heterocycles. The molecule has 0 amide bonds. The minimum absolute atomic E-state index is 0.342. The summed E-state index contributed by atoms with van der Waals surface area (Å²) in [5, 5.41) is 3.74. The highest BCUT2D eigenvalue weighted by Gasteiger charge is 2.18. The second kappa shape index (κ2) is 8.70. The van der Waals surface area contributed by atoms with E-state index in [2.05, 4.69) is 65.2 Å². The predicted molar refractivity (Wildman–Crippen MR) is 98.1 cm³/mol. The minimum atomic E-state index is 0.342. The lowest BCUT2D eigenvalue weighted by Gasteiger charge is -2.19. The van der Waals surface area contributed by atoms with Crippen molar-refractivity contribution in [2.24, 2.45) is 0 Å². The third-order valence-electron chi connectivity index (χ3n) is 3.96. The molecular formula is C18H23NOS2. The molecule has 1 unspecified atom stereocenters. The van der Waals surface area contributed by atoms with Crippen LogP contribution in [0.2, 0.25) is 0 Å². The largest absolute Gasteiger partial charge is 0.469 e. The van der Waals surface area contributed by atoms with Gasteiger partial charge in [0.2, 0.25) is 0 Å². The highest BCUT2D eigenvalue weighted by molar-refractivity contribution is 8.03. The Morgan fingerprint density at radius 1 is 1.05 bits per heavy atom. The van der Waals surface area contributed by atoms with Gasteiger partial charge in [0.15, 0.2) is 0 Å². The Morgan fingerprint density at radius 2 is 1.82 bits per heavy atom. The zero-order valence-corrected chi connectivity index (χ0v) is 14.4. The zero-order chi connectivity index (χ0) is 15.0. The van der Waals surface area contributed by atoms with Gasteiger partial charge in [0.25, 0.3) is 0 Å². The second-order valence-electron chi connectivity index (χ2n) is 5.57. The molecule has 4 heteroatoms. The Hall–Kier alpha value is -0.840. The average molecular weight is 334 g/mol. The molecule has 1 aliphatic heterocycles. The predicted octanol–water partition coefficient (Wildman–Crippen LogP) is 4.24. The summed E-state index contributed by atoms with van der Waals surface area (Å²) in [6.45, 7) is 1.03. The van der Waals surface area contributed by atoms with Gasteiger partial charge in [-0.3, -0.25) is 0 Å². The lowest BCUT2D eigenvalue weighted by atomic mass is 9.93. The molecule has 1 fully saturated rings. The number of nitrogens with one attached hydrogen (secondary N) is 1. The normalized spacial score (nSPS) is 18.0. The van der Waals surface area contributed by atoms with Crippen molar-refractivity contribution in [2.45, 2.75) is 18.4 Å². The summed E-state index contributed by atoms with van der Waals surface area (Å²) in [5.41, 5.74) is 1.34. The Balaban J connectivity index is 1.59. The minimum Gasteiger partial charge on any atom is -0.469 e. The Kier molecular flexibility index (Phi) is 6.34. The van der Waals surface area contributed by atoms with E-state index in [0.29, 0.717) is 12.0 Å². The molecule has 1 aromatic heterocycles. The third kappa shape index (κ3) is 4.58. The van der Waals surface area contributed by atoms with E-state index < -0.39 is 0 Å². The SMILES string of the molecule is c1ccc(C(CCNC2CSCCSC2)c2ccco2)cc1. The topological polar surface area (TPSA) is 25.2 Å². The van der Waals surface area contributed by atoms with Crippen molar-refractivity contribution in [3.05, 3.63) is 60.1 Å². The van der Waals surface area contributed by atoms with Crippen molar-refractivity contribution in [3.8, 4) is 0 Å². The standard InChI is InChI=1S/C18H23NOS2/c1-2-5-15(6-3-1)17(18-7-4-10-20-18)8-9-19-16-13-21-11-12-22-14-16/h1-7,10,16-17,19H,8-9,11-14H2. The molecule has 1 aromatic carbocycles. The van der Waals surface area contributed by atoms with Crippen LogP contribution < -0.4 is 5.32 Å². The first-order chi connectivity index (χ1) is 10.9. The van der Waals surface area contributed by atoms with Crippen LogP contribution in [0.4, 0.5) is 0 Å². The van der Waals surface area contributed by atoms with Crippen LogP contribution in [0.5, 0.6) is 0 Å². The molecule has 0 spiro atoms. The number of thioether (sulfide) groups is 2. The summed E-state index contributed by atoms with van der Waals surface area (Å²) in [6.07, 6.45) is 2.85. The van der Waals surface area contributed by atoms with E-state index in [-0.39, 0.29) is 0 Å². The molecule has 2 nitrogen and oxygen atoms in total. The molecule has 118 valence electrons. The molecule has 1 atom stereocenters. The fourth-order valence-electron chi connectivity index (χ4n) is 2.81. The second-order valence-corrected chi connectivity index (χ2v) is 7.87. The number of furan rings is 1. The van der Waals surface area contributed by atoms with Crippen molar-refractivity contribution in [3.63, 3.8) is 0 Å². The molecule has 1 N–H and O–H groups in total. The lowest BCUT2D eigenvalue weighted by Crippen LogP contribution is -2.34. The van der Waals surface area contributed by atoms with Crippen LogP contribution >= 0.6 is 23.5 Å². The van der Waals surface area contributed by atoms with Crippen molar-refractivity contribution >= 4 is 23.5 Å². The lowest BCUT2D eigenvalue weighted by molar-refractivity contribution is 0.461. The van der Waals surface area contributed by atoms with Crippen LogP contribution in [-0.4, -0.2) is 35.6 Å². The first kappa shape index (κ1) is 16.0. The molecule has 0 aliphatic carbocycles. The smallest absolute Gasteiger partial charge is 0.111 e. The van der Waals surface area contributed by atoms with Gasteiger partial charge in [0.1, 0.15) is 5.76 Å². The quantitative estimate of drug-likeness (QED) is 0.855. The maximum atomic E-state index is 5.68. The van der Waals surface area contributed by atoms with E-state index >= 15 is 0 Å². The molecule has 3 rings (SSSR count). The summed E-state index contributed by atoms with van der Waals surface area (Å²) in [5.74, 6) is 6.48. The van der Waals surface area contributed by atoms with E-state index in [1.54, 1.807) is 6.26 Å². The van der Waals surface area contributed by atoms with Gasteiger partial charge in [0, 0.05) is 35.0 Å². The van der Waals surface area contributed by atoms with Gasteiger partial charge in [0.05, 0.1) is 6.26 Å². The Labute approximate surface area is 141 Å². The maximum absolute atomic E-state index is 5.68. The summed E-state index contributed by atoms with van der Waals surface area (Å²) >= 11 is 4.15. The van der Waals surface area contributed by atoms with Gasteiger partial charge in [-0.2, -0.15) is 23.5 Å². The van der Waals surface area contributed by atoms with Gasteiger partial charge in [-0.1, -0.05) is 30.3 Å². The highest BCUT2D eigenvalue weighted by atomic mass is 32.2. The summed E-state index contributed by atoms with van der Waals surface area (Å²) in [4.78, 5) is 0. The van der Waals surface area contributed by atoms with Crippen molar-refractivity contribution in [1.82, 2.24) is 5.32 Å². The maximum Gasteiger partial charge on any atom is 0.111 e. The van der Waals surface area contributed by atoms with Gasteiger partial charge < -0.3 is 9.73 Å². The third-order valence-corrected chi connectivity index (χ3v) is 6.48. The van der Waals surface area contributed by atoms with E-state index in [9.17, 15) is 0 Å². The van der Waals surface area contributed by atoms with Gasteiger partial charge in [-0.15, -0.1) is 0 Å². The fraction of sp³-hybridized carbons (Fsp3) is 0.444.